The van der Waals surface area contributed by atoms with E-state index in [4.69, 9.17) is 5.73 Å². The Morgan fingerprint density at radius 2 is 1.90 bits per heavy atom. The highest BCUT2D eigenvalue weighted by Crippen LogP contribution is 2.32. The summed E-state index contributed by atoms with van der Waals surface area (Å²) in [7, 11) is 0. The van der Waals surface area contributed by atoms with Gasteiger partial charge in [0.05, 0.1) is 23.3 Å². The Morgan fingerprint density at radius 1 is 1.17 bits per heavy atom. The van der Waals surface area contributed by atoms with E-state index in [2.05, 4.69) is 20.9 Å². The molecule has 7 heteroatoms. The number of para-hydroxylation sites is 2. The maximum Gasteiger partial charge on any atom is 0.229 e. The third-order valence-corrected chi connectivity index (χ3v) is 5.67. The Balaban J connectivity index is 0.00000150. The summed E-state index contributed by atoms with van der Waals surface area (Å²) >= 11 is 0. The number of halogens is 2. The Kier molecular flexibility index (Phi) is 7.69. The molecule has 5 nitrogen and oxygen atoms in total. The lowest BCUT2D eigenvalue weighted by atomic mass is 9.74. The molecule has 3 aromatic rings. The van der Waals surface area contributed by atoms with Gasteiger partial charge in [-0.05, 0) is 49.6 Å². The van der Waals surface area contributed by atoms with Gasteiger partial charge in [0.15, 0.2) is 0 Å². The maximum absolute atomic E-state index is 12.7. The van der Waals surface area contributed by atoms with Crippen molar-refractivity contribution in [3.63, 3.8) is 0 Å². The van der Waals surface area contributed by atoms with Crippen molar-refractivity contribution < 1.29 is 4.79 Å². The Labute approximate surface area is 183 Å². The van der Waals surface area contributed by atoms with Crippen LogP contribution in [0.3, 0.4) is 0 Å². The normalized spacial score (nSPS) is 21.1. The van der Waals surface area contributed by atoms with E-state index in [9.17, 15) is 4.79 Å². The highest BCUT2D eigenvalue weighted by atomic mass is 35.5. The van der Waals surface area contributed by atoms with Crippen LogP contribution in [0.25, 0.3) is 11.0 Å². The number of imidazole rings is 1. The maximum atomic E-state index is 12.7. The zero-order valence-corrected chi connectivity index (χ0v) is 18.1. The molecule has 0 saturated heterocycles. The predicted octanol–water partition coefficient (Wildman–Crippen LogP) is 4.77. The lowest BCUT2D eigenvalue weighted by Crippen LogP contribution is -2.51. The number of amides is 1. The van der Waals surface area contributed by atoms with E-state index in [1.54, 1.807) is 0 Å². The summed E-state index contributed by atoms with van der Waals surface area (Å²) < 4.78 is 2.13. The number of hydrogen-bond donors (Lipinski definition) is 2. The molecular weight excluding hydrogens is 407 g/mol. The average Bonchev–Trinajstić information content (AvgIpc) is 3.06. The first kappa shape index (κ1) is 23.2. The summed E-state index contributed by atoms with van der Waals surface area (Å²) in [5.41, 5.74) is 10.0. The molecule has 1 aliphatic rings. The lowest BCUT2D eigenvalue weighted by Gasteiger charge is -2.37. The third-order valence-electron chi connectivity index (χ3n) is 5.67. The molecule has 1 aliphatic carbocycles. The van der Waals surface area contributed by atoms with Crippen molar-refractivity contribution in [1.29, 1.82) is 0 Å². The van der Waals surface area contributed by atoms with E-state index in [0.717, 1.165) is 54.5 Å². The molecule has 3 N–H and O–H groups in total. The summed E-state index contributed by atoms with van der Waals surface area (Å²) in [4.78, 5) is 17.1. The first-order valence-electron chi connectivity index (χ1n) is 9.61. The molecule has 2 aromatic carbocycles. The van der Waals surface area contributed by atoms with Crippen LogP contribution in [0.2, 0.25) is 0 Å². The number of hydrogen-bond acceptors (Lipinski definition) is 3. The summed E-state index contributed by atoms with van der Waals surface area (Å²) in [5, 5.41) is 3.04. The smallest absolute Gasteiger partial charge is 0.229 e. The van der Waals surface area contributed by atoms with Gasteiger partial charge in [0, 0.05) is 17.8 Å². The van der Waals surface area contributed by atoms with E-state index in [-0.39, 0.29) is 36.6 Å². The van der Waals surface area contributed by atoms with Gasteiger partial charge in [-0.2, -0.15) is 0 Å². The molecule has 1 heterocycles. The second-order valence-electron chi connectivity index (χ2n) is 7.85. The van der Waals surface area contributed by atoms with E-state index in [1.807, 2.05) is 55.7 Å². The van der Waals surface area contributed by atoms with Crippen LogP contribution < -0.4 is 11.1 Å². The molecule has 1 amide bonds. The van der Waals surface area contributed by atoms with Crippen LogP contribution in [0.1, 0.15) is 38.2 Å². The first-order chi connectivity index (χ1) is 13.0. The van der Waals surface area contributed by atoms with Gasteiger partial charge < -0.3 is 15.6 Å². The minimum atomic E-state index is -0.412. The van der Waals surface area contributed by atoms with Crippen molar-refractivity contribution in [3.8, 4) is 0 Å². The van der Waals surface area contributed by atoms with Crippen molar-refractivity contribution in [2.45, 2.75) is 44.7 Å². The van der Waals surface area contributed by atoms with Crippen LogP contribution in [0, 0.1) is 5.92 Å². The molecule has 0 bridgehead atoms. The number of carbonyl (C=O) groups is 1. The number of anilines is 1. The molecule has 0 aliphatic heterocycles. The van der Waals surface area contributed by atoms with Gasteiger partial charge in [-0.15, -0.1) is 24.8 Å². The molecule has 29 heavy (non-hydrogen) atoms. The van der Waals surface area contributed by atoms with Crippen molar-refractivity contribution >= 4 is 47.4 Å². The topological polar surface area (TPSA) is 72.9 Å². The van der Waals surface area contributed by atoms with E-state index in [1.165, 1.54) is 0 Å². The third kappa shape index (κ3) is 5.10. The number of benzene rings is 2. The molecule has 156 valence electrons. The molecule has 4 rings (SSSR count). The lowest BCUT2D eigenvalue weighted by molar-refractivity contribution is -0.122. The molecule has 0 spiro atoms. The standard InChI is InChI=1S/C22H26N4O.2ClH/c1-22(23)13-5-4-6-18(22)21(27)25-17-11-9-16(10-12-17)14-26-15-24-19-7-2-3-8-20(19)26;;/h2-3,7-12,15,18H,4-6,13-14,23H2,1H3,(H,25,27);2*1H. The first-order valence-corrected chi connectivity index (χ1v) is 9.61. The number of aromatic nitrogens is 2. The number of rotatable bonds is 4. The van der Waals surface area contributed by atoms with Gasteiger partial charge in [-0.3, -0.25) is 4.79 Å². The largest absolute Gasteiger partial charge is 0.326 e. The van der Waals surface area contributed by atoms with Gasteiger partial charge in [0.25, 0.3) is 0 Å². The monoisotopic (exact) mass is 434 g/mol. The summed E-state index contributed by atoms with van der Waals surface area (Å²) in [6.07, 6.45) is 5.82. The van der Waals surface area contributed by atoms with Gasteiger partial charge in [0.1, 0.15) is 0 Å². The number of fused-ring (bicyclic) bond motifs is 1. The molecule has 1 saturated carbocycles. The van der Waals surface area contributed by atoms with Crippen LogP contribution >= 0.6 is 24.8 Å². The number of nitrogens with one attached hydrogen (secondary N) is 1. The van der Waals surface area contributed by atoms with E-state index in [0.29, 0.717) is 0 Å². The van der Waals surface area contributed by atoms with Gasteiger partial charge in [-0.1, -0.05) is 37.1 Å². The molecule has 1 fully saturated rings. The molecular formula is C22H28Cl2N4O. The zero-order valence-electron chi connectivity index (χ0n) is 16.5. The van der Waals surface area contributed by atoms with Crippen molar-refractivity contribution in [1.82, 2.24) is 9.55 Å². The quantitative estimate of drug-likeness (QED) is 0.620. The summed E-state index contributed by atoms with van der Waals surface area (Å²) in [6, 6.07) is 16.1. The van der Waals surface area contributed by atoms with Crippen LogP contribution in [0.15, 0.2) is 54.9 Å². The van der Waals surface area contributed by atoms with Crippen molar-refractivity contribution in [3.05, 3.63) is 60.4 Å². The van der Waals surface area contributed by atoms with E-state index < -0.39 is 5.54 Å². The van der Waals surface area contributed by atoms with Crippen molar-refractivity contribution in [2.75, 3.05) is 5.32 Å². The van der Waals surface area contributed by atoms with Crippen LogP contribution in [0.5, 0.6) is 0 Å². The highest BCUT2D eigenvalue weighted by molar-refractivity contribution is 5.93. The van der Waals surface area contributed by atoms with Crippen LogP contribution in [-0.4, -0.2) is 21.0 Å². The average molecular weight is 435 g/mol. The number of carbonyl (C=O) groups excluding carboxylic acids is 1. The minimum absolute atomic E-state index is 0. The van der Waals surface area contributed by atoms with Gasteiger partial charge >= 0.3 is 0 Å². The Morgan fingerprint density at radius 3 is 2.62 bits per heavy atom. The number of nitrogens with two attached hydrogens (primary N) is 1. The second-order valence-corrected chi connectivity index (χ2v) is 7.85. The van der Waals surface area contributed by atoms with E-state index >= 15 is 0 Å². The SMILES string of the molecule is CC1(N)CCCCC1C(=O)Nc1ccc(Cn2cnc3ccccc32)cc1.Cl.Cl. The van der Waals surface area contributed by atoms with Crippen LogP contribution in [0.4, 0.5) is 5.69 Å². The summed E-state index contributed by atoms with van der Waals surface area (Å²) in [5.74, 6) is -0.0868. The molecule has 1 aromatic heterocycles. The van der Waals surface area contributed by atoms with Gasteiger partial charge in [0.2, 0.25) is 5.91 Å². The molecule has 0 radical (unpaired) electrons. The molecule has 2 atom stereocenters. The van der Waals surface area contributed by atoms with Gasteiger partial charge in [-0.25, -0.2) is 4.98 Å². The Hall–Kier alpha value is -2.08. The second kappa shape index (κ2) is 9.61. The number of nitrogens with zero attached hydrogens (tertiary/aromatic N) is 2. The minimum Gasteiger partial charge on any atom is -0.326 e. The molecule has 2 unspecified atom stereocenters. The van der Waals surface area contributed by atoms with Crippen molar-refractivity contribution in [2.24, 2.45) is 11.7 Å². The fourth-order valence-corrected chi connectivity index (χ4v) is 4.04. The van der Waals surface area contributed by atoms with Crippen LogP contribution in [-0.2, 0) is 11.3 Å². The fourth-order valence-electron chi connectivity index (χ4n) is 4.04. The highest BCUT2D eigenvalue weighted by Gasteiger charge is 2.37. The Bertz CT molecular complexity index is 953. The fraction of sp³-hybridized carbons (Fsp3) is 0.364. The zero-order chi connectivity index (χ0) is 18.9. The predicted molar refractivity (Wildman–Crippen MR) is 123 cm³/mol. The summed E-state index contributed by atoms with van der Waals surface area (Å²) in [6.45, 7) is 2.74.